The minimum Gasteiger partial charge on any atom is -0.480 e. The molecule has 0 amide bonds. The van der Waals surface area contributed by atoms with Crippen LogP contribution in [0.2, 0.25) is 72.5 Å². The number of hydrogen-bond acceptors (Lipinski definition) is 9. The number of carboxylic acid groups (broad SMARTS) is 1. The van der Waals surface area contributed by atoms with Gasteiger partial charge < -0.3 is 37.0 Å². The lowest BCUT2D eigenvalue weighted by atomic mass is 9.63. The molecule has 5 saturated carbocycles. The number of ether oxygens (including phenoxy) is 3. The molecule has 546 valence electrons. The Bertz CT molecular complexity index is 2850. The second-order valence-electron chi connectivity index (χ2n) is 37.1. The number of hydrogen-bond donors (Lipinski definition) is 1. The summed E-state index contributed by atoms with van der Waals surface area (Å²) in [4.78, 5) is 24.2. The third kappa shape index (κ3) is 21.3. The summed E-state index contributed by atoms with van der Waals surface area (Å²) in [6, 6.07) is 0. The first kappa shape index (κ1) is 82.4. The molecule has 0 aromatic rings. The maximum Gasteiger partial charge on any atom is 0.332 e. The first-order valence-electron chi connectivity index (χ1n) is 38.2. The molecule has 7 aliphatic rings. The van der Waals surface area contributed by atoms with Gasteiger partial charge in [-0.3, -0.25) is 0 Å². The smallest absolute Gasteiger partial charge is 0.332 e. The highest BCUT2D eigenvalue weighted by Crippen LogP contribution is 2.58. The highest BCUT2D eigenvalue weighted by molar-refractivity contribution is 6.75. The molecule has 0 aliphatic heterocycles. The number of allylic oxidation sites excluding steroid dienone is 8. The van der Waals surface area contributed by atoms with Gasteiger partial charge >= 0.3 is 11.9 Å². The average molecular weight is 1400 g/mol. The third-order valence-corrected chi connectivity index (χ3v) is 43.9. The molecule has 7 rings (SSSR count). The summed E-state index contributed by atoms with van der Waals surface area (Å²) >= 11 is 0. The van der Waals surface area contributed by atoms with Crippen molar-refractivity contribution in [1.82, 2.24) is 0 Å². The summed E-state index contributed by atoms with van der Waals surface area (Å²) in [7, 11) is -7.96. The van der Waals surface area contributed by atoms with Crippen LogP contribution in [0.25, 0.3) is 0 Å². The first-order valence-corrected chi connectivity index (χ1v) is 49.8. The van der Waals surface area contributed by atoms with E-state index in [0.29, 0.717) is 11.8 Å². The van der Waals surface area contributed by atoms with Gasteiger partial charge in [0.1, 0.15) is 19.3 Å². The molecule has 0 radical (unpaired) electrons. The highest BCUT2D eigenvalue weighted by atomic mass is 28.4. The Balaban J connectivity index is 0.000000313. The Morgan fingerprint density at radius 1 is 0.510 bits per heavy atom. The summed E-state index contributed by atoms with van der Waals surface area (Å²) in [5.41, 5.74) is 10.5. The van der Waals surface area contributed by atoms with Crippen LogP contribution in [0.3, 0.4) is 0 Å². The van der Waals surface area contributed by atoms with Crippen molar-refractivity contribution in [2.45, 2.75) is 374 Å². The third-order valence-electron chi connectivity index (χ3n) is 25.8. The van der Waals surface area contributed by atoms with Gasteiger partial charge in [0.25, 0.3) is 0 Å². The van der Waals surface area contributed by atoms with Crippen molar-refractivity contribution >= 4 is 45.2 Å². The van der Waals surface area contributed by atoms with Crippen molar-refractivity contribution < 1.29 is 46.6 Å². The van der Waals surface area contributed by atoms with E-state index in [0.717, 1.165) is 114 Å². The Kier molecular flexibility index (Phi) is 28.6. The molecular weight excluding hydrogens is 1260 g/mol. The van der Waals surface area contributed by atoms with E-state index in [1.165, 1.54) is 78.4 Å². The molecule has 10 nitrogen and oxygen atoms in total. The lowest BCUT2D eigenvalue weighted by molar-refractivity contribution is -0.156. The minimum absolute atomic E-state index is 0.00599. The van der Waals surface area contributed by atoms with Crippen molar-refractivity contribution in [1.29, 1.82) is 0 Å². The average Bonchev–Trinajstić information content (AvgIpc) is 1.56. The first-order chi connectivity index (χ1) is 44.2. The molecule has 1 unspecified atom stereocenters. The van der Waals surface area contributed by atoms with Gasteiger partial charge in [0.2, 0.25) is 0 Å². The zero-order valence-corrected chi connectivity index (χ0v) is 69.9. The zero-order chi connectivity index (χ0) is 71.8. The largest absolute Gasteiger partial charge is 0.480 e. The van der Waals surface area contributed by atoms with E-state index < -0.39 is 39.2 Å². The Labute approximate surface area is 592 Å². The summed E-state index contributed by atoms with van der Waals surface area (Å²) in [6.07, 6.45) is 39.9. The van der Waals surface area contributed by atoms with Crippen molar-refractivity contribution in [3.63, 3.8) is 0 Å². The van der Waals surface area contributed by atoms with Crippen molar-refractivity contribution in [2.24, 2.45) is 22.7 Å². The van der Waals surface area contributed by atoms with E-state index in [4.69, 9.17) is 37.0 Å². The molecule has 10 atom stereocenters. The van der Waals surface area contributed by atoms with Crippen LogP contribution in [0.15, 0.2) is 94.2 Å². The fraction of sp³-hybridized carbons (Fsp3) is 0.780. The molecule has 1 N–H and O–H groups in total. The van der Waals surface area contributed by atoms with Gasteiger partial charge in [0.05, 0.1) is 36.6 Å². The fourth-order valence-electron chi connectivity index (χ4n) is 15.5. The minimum atomic E-state index is -2.02. The maximum absolute atomic E-state index is 13.1. The maximum atomic E-state index is 13.1. The van der Waals surface area contributed by atoms with E-state index >= 15 is 0 Å². The van der Waals surface area contributed by atoms with Crippen molar-refractivity contribution in [2.75, 3.05) is 13.2 Å². The lowest BCUT2D eigenvalue weighted by Gasteiger charge is -2.45. The van der Waals surface area contributed by atoms with Crippen LogP contribution in [0.1, 0.15) is 258 Å². The van der Waals surface area contributed by atoms with Gasteiger partial charge in [0, 0.05) is 12.8 Å². The number of carbonyl (C=O) groups is 2. The Hall–Kier alpha value is -2.51. The quantitative estimate of drug-likeness (QED) is 0.0761. The van der Waals surface area contributed by atoms with Crippen LogP contribution in [0.5, 0.6) is 0 Å². The fourth-order valence-corrected chi connectivity index (χ4v) is 20.9. The van der Waals surface area contributed by atoms with Gasteiger partial charge in [-0.05, 0) is 232 Å². The molecule has 96 heavy (non-hydrogen) atoms. The van der Waals surface area contributed by atoms with E-state index in [1.54, 1.807) is 0 Å². The van der Waals surface area contributed by atoms with E-state index in [-0.39, 0.29) is 92.9 Å². The predicted octanol–water partition coefficient (Wildman–Crippen LogP) is 23.3. The van der Waals surface area contributed by atoms with Gasteiger partial charge in [-0.15, -0.1) is 0 Å². The molecule has 14 heteroatoms. The topological polar surface area (TPSA) is 119 Å². The number of carbonyl (C=O) groups excluding carboxylic acids is 1. The SMILES string of the molecule is C=C1C(=CC=C2CCC[C@]3(C)C([C@H](C)OCC(=O)O)=CCC23)C[C@@H](O[Si](C)(C)C(C)(C)C)C[C@@H]1O[Si](C)(C)C(C)(C)C.C=C1C(=CC=C2CCC[C@]3(C)C([C@H](C)OCC(=O)OC4CCCCCCCCCCC4)=CC[C@@H]23)C[C@@H](O[Si](C)(C)C(C)(C)C)C[C@@H]1O[Si](C)(C)C(C)(C)C. The Morgan fingerprint density at radius 2 is 0.844 bits per heavy atom. The normalized spacial score (nSPS) is 30.0. The second kappa shape index (κ2) is 33.3. The van der Waals surface area contributed by atoms with E-state index in [2.05, 4.69) is 206 Å². The summed E-state index contributed by atoms with van der Waals surface area (Å²) in [5, 5.41) is 9.66. The zero-order valence-electron chi connectivity index (χ0n) is 65.9. The van der Waals surface area contributed by atoms with Crippen LogP contribution in [0, 0.1) is 22.7 Å². The Morgan fingerprint density at radius 3 is 1.19 bits per heavy atom. The summed E-state index contributed by atoms with van der Waals surface area (Å²) in [5.74, 6) is -0.251. The van der Waals surface area contributed by atoms with Crippen LogP contribution < -0.4 is 0 Å². The molecule has 5 fully saturated rings. The molecule has 0 heterocycles. The number of fused-ring (bicyclic) bond motifs is 2. The molecule has 0 spiro atoms. The van der Waals surface area contributed by atoms with Gasteiger partial charge in [-0.25, -0.2) is 9.59 Å². The van der Waals surface area contributed by atoms with Crippen LogP contribution >= 0.6 is 0 Å². The van der Waals surface area contributed by atoms with Crippen LogP contribution in [-0.2, 0) is 41.5 Å². The predicted molar refractivity (Wildman–Crippen MR) is 413 cm³/mol. The summed E-state index contributed by atoms with van der Waals surface area (Å²) < 4.78 is 46.3. The molecule has 0 bridgehead atoms. The standard InChI is InChI=1S/C47H82O5Si2.C35H60O5Si2/c1-35-38(32-40(51-53(10,11)45(3,4)5)33-43(35)52-54(12,13)46(6,7)8)28-27-37-24-23-31-47(9)41(29-30-42(37)47)36(2)49-34-44(48)50-39-25-21-19-17-15-14-16-18-20-22-26-39;1-24-27(17-16-26-15-14-20-35(9)29(18-19-30(26)35)25(2)38-23-32(36)37)21-28(39-41(10,11)33(3,4)5)22-31(24)40-42(12,13)34(6,7)8/h27-29,36,39-40,42-43H,1,14-26,30-34H2,2-13H3;16-18,25,28,30-31H,1,14-15,19-23H2,2-13H3,(H,36,37)/t36-,40+,42-,43-,47+;25-,28+,30?,31-,35+/m00/s1. The van der Waals surface area contributed by atoms with Gasteiger partial charge in [0.15, 0.2) is 33.3 Å². The molecular formula is C82H142O10Si4. The molecule has 0 aromatic carbocycles. The monoisotopic (exact) mass is 1400 g/mol. The molecule has 0 aromatic heterocycles. The van der Waals surface area contributed by atoms with Gasteiger partial charge in [-0.1, -0.05) is 203 Å². The van der Waals surface area contributed by atoms with E-state index in [1.807, 2.05) is 6.92 Å². The van der Waals surface area contributed by atoms with Crippen molar-refractivity contribution in [3.05, 3.63) is 94.2 Å². The summed E-state index contributed by atoms with van der Waals surface area (Å²) in [6.45, 7) is 64.6. The van der Waals surface area contributed by atoms with Crippen molar-refractivity contribution in [3.8, 4) is 0 Å². The van der Waals surface area contributed by atoms with E-state index in [9.17, 15) is 9.59 Å². The van der Waals surface area contributed by atoms with Crippen LogP contribution in [-0.4, -0.2) is 106 Å². The number of carboxylic acids is 1. The second-order valence-corrected chi connectivity index (χ2v) is 56.2. The highest BCUT2D eigenvalue weighted by Gasteiger charge is 2.50. The lowest BCUT2D eigenvalue weighted by Crippen LogP contribution is -2.49. The number of aliphatic carboxylic acids is 1. The molecule has 0 saturated heterocycles. The van der Waals surface area contributed by atoms with Gasteiger partial charge in [-0.2, -0.15) is 0 Å². The number of rotatable bonds is 19. The van der Waals surface area contributed by atoms with Crippen LogP contribution in [0.4, 0.5) is 0 Å². The number of esters is 1. The molecule has 7 aliphatic carbocycles.